The second-order valence-corrected chi connectivity index (χ2v) is 14.5. The van der Waals surface area contributed by atoms with Crippen LogP contribution in [-0.2, 0) is 40.0 Å². The number of likely N-dealkylation sites (tertiary alicyclic amines) is 1. The lowest BCUT2D eigenvalue weighted by atomic mass is 9.91. The van der Waals surface area contributed by atoms with Crippen LogP contribution in [0, 0.1) is 11.8 Å². The van der Waals surface area contributed by atoms with E-state index in [1.165, 1.54) is 0 Å². The molecule has 54 heavy (non-hydrogen) atoms. The van der Waals surface area contributed by atoms with Gasteiger partial charge in [-0.2, -0.15) is 0 Å². The third-order valence-corrected chi connectivity index (χ3v) is 10.5. The maximum atomic E-state index is 14.2. The molecule has 6 rings (SSSR count). The SMILES string of the molecule is O=C(NCCOCCO)c1cccc(C[C@H]2C[C@H](Cc3ccccc3)N(C[C@@H](O)C[C@@H](Cc3ccccc3)C(=O)NC3c4ccccc4C[C@H]3O)C2=O)c1. The average Bonchev–Trinajstić information content (AvgIpc) is 3.65. The van der Waals surface area contributed by atoms with E-state index in [1.807, 2.05) is 103 Å². The number of carbonyl (C=O) groups is 3. The molecule has 6 atom stereocenters. The molecular weight excluding hydrogens is 682 g/mol. The summed E-state index contributed by atoms with van der Waals surface area (Å²) in [7, 11) is 0. The first kappa shape index (κ1) is 38.8. The van der Waals surface area contributed by atoms with Crippen LogP contribution < -0.4 is 10.6 Å². The quantitative estimate of drug-likeness (QED) is 0.0978. The lowest BCUT2D eigenvalue weighted by molar-refractivity contribution is -0.133. The molecule has 1 fully saturated rings. The fourth-order valence-corrected chi connectivity index (χ4v) is 7.92. The van der Waals surface area contributed by atoms with E-state index < -0.39 is 24.2 Å². The van der Waals surface area contributed by atoms with Gasteiger partial charge in [0.05, 0.1) is 38.1 Å². The summed E-state index contributed by atoms with van der Waals surface area (Å²) in [6.07, 6.45) is 0.959. The Labute approximate surface area is 317 Å². The minimum Gasteiger partial charge on any atom is -0.394 e. The first-order valence-corrected chi connectivity index (χ1v) is 19.0. The van der Waals surface area contributed by atoms with Gasteiger partial charge in [0.1, 0.15) is 0 Å². The summed E-state index contributed by atoms with van der Waals surface area (Å²) >= 11 is 0. The van der Waals surface area contributed by atoms with Crippen molar-refractivity contribution in [2.75, 3.05) is 32.9 Å². The number of ether oxygens (including phenoxy) is 1. The molecular formula is C44H51N3O7. The summed E-state index contributed by atoms with van der Waals surface area (Å²) in [5.41, 5.74) is 5.33. The monoisotopic (exact) mass is 733 g/mol. The van der Waals surface area contributed by atoms with E-state index in [1.54, 1.807) is 11.0 Å². The van der Waals surface area contributed by atoms with Crippen molar-refractivity contribution in [2.45, 2.75) is 62.8 Å². The number of benzene rings is 4. The highest BCUT2D eigenvalue weighted by Crippen LogP contribution is 2.33. The normalized spacial score (nSPS) is 20.4. The van der Waals surface area contributed by atoms with Crippen LogP contribution in [0.15, 0.2) is 109 Å². The fraction of sp³-hybridized carbons (Fsp3) is 0.386. The van der Waals surface area contributed by atoms with Crippen LogP contribution in [0.3, 0.4) is 0 Å². The van der Waals surface area contributed by atoms with Crippen molar-refractivity contribution in [3.05, 3.63) is 143 Å². The number of fused-ring (bicyclic) bond motifs is 1. The van der Waals surface area contributed by atoms with Gasteiger partial charge in [0.15, 0.2) is 0 Å². The molecule has 0 saturated carbocycles. The molecule has 4 aromatic carbocycles. The Morgan fingerprint density at radius 1 is 0.852 bits per heavy atom. The predicted molar refractivity (Wildman–Crippen MR) is 205 cm³/mol. The van der Waals surface area contributed by atoms with Crippen molar-refractivity contribution in [3.63, 3.8) is 0 Å². The molecule has 10 nitrogen and oxygen atoms in total. The van der Waals surface area contributed by atoms with Gasteiger partial charge in [0.25, 0.3) is 5.91 Å². The minimum absolute atomic E-state index is 0.0550. The fourth-order valence-electron chi connectivity index (χ4n) is 7.92. The standard InChI is InChI=1S/C44H51N3O7/c48-19-21-54-20-18-45-42(51)34-16-9-14-32(23-34)24-36-26-37(25-31-12-5-2-6-13-31)47(44(36)53)29-38(49)27-35(22-30-10-3-1-4-11-30)43(52)46-41-39-17-8-7-15-33(39)28-40(41)50/h1-17,23,35-38,40-41,48-50H,18-22,24-29H2,(H,45,51)(H,46,52)/t35-,36+,37+,38+,40-,41?/m1/s1. The van der Waals surface area contributed by atoms with Gasteiger partial charge in [-0.1, -0.05) is 97.1 Å². The molecule has 2 aliphatic rings. The average molecular weight is 734 g/mol. The maximum Gasteiger partial charge on any atom is 0.251 e. The largest absolute Gasteiger partial charge is 0.394 e. The Kier molecular flexibility index (Phi) is 13.6. The van der Waals surface area contributed by atoms with Crippen LogP contribution in [0.5, 0.6) is 0 Å². The van der Waals surface area contributed by atoms with E-state index in [0.717, 1.165) is 27.8 Å². The van der Waals surface area contributed by atoms with Crippen LogP contribution >= 0.6 is 0 Å². The summed E-state index contributed by atoms with van der Waals surface area (Å²) in [6, 6.07) is 34.0. The van der Waals surface area contributed by atoms with Gasteiger partial charge in [0.2, 0.25) is 11.8 Å². The predicted octanol–water partition coefficient (Wildman–Crippen LogP) is 3.81. The molecule has 1 aliphatic carbocycles. The van der Waals surface area contributed by atoms with Crippen molar-refractivity contribution in [3.8, 4) is 0 Å². The third kappa shape index (κ3) is 10.2. The smallest absolute Gasteiger partial charge is 0.251 e. The van der Waals surface area contributed by atoms with Gasteiger partial charge in [0, 0.05) is 43.0 Å². The number of hydrogen-bond donors (Lipinski definition) is 5. The van der Waals surface area contributed by atoms with E-state index >= 15 is 0 Å². The van der Waals surface area contributed by atoms with Gasteiger partial charge in [-0.25, -0.2) is 0 Å². The lowest BCUT2D eigenvalue weighted by Gasteiger charge is -2.29. The molecule has 1 heterocycles. The van der Waals surface area contributed by atoms with Crippen molar-refractivity contribution < 1.29 is 34.4 Å². The Hall–Kier alpha value is -4.87. The highest BCUT2D eigenvalue weighted by atomic mass is 16.5. The van der Waals surface area contributed by atoms with Crippen molar-refractivity contribution in [2.24, 2.45) is 11.8 Å². The summed E-state index contributed by atoms with van der Waals surface area (Å²) < 4.78 is 5.23. The van der Waals surface area contributed by atoms with Gasteiger partial charge in [-0.05, 0) is 72.1 Å². The Bertz CT molecular complexity index is 1840. The molecule has 1 aliphatic heterocycles. The minimum atomic E-state index is -0.973. The number of nitrogens with one attached hydrogen (secondary N) is 2. The van der Waals surface area contributed by atoms with Crippen LogP contribution in [0.1, 0.15) is 57.1 Å². The number of hydrogen-bond acceptors (Lipinski definition) is 7. The molecule has 3 amide bonds. The number of β-amino-alcohol motifs (C(OH)–C–C–N with tert-alkyl or cyclic N) is 1. The Morgan fingerprint density at radius 3 is 2.31 bits per heavy atom. The van der Waals surface area contributed by atoms with Crippen molar-refractivity contribution in [1.82, 2.24) is 15.5 Å². The molecule has 0 spiro atoms. The first-order valence-electron chi connectivity index (χ1n) is 19.0. The van der Waals surface area contributed by atoms with Crippen molar-refractivity contribution in [1.29, 1.82) is 0 Å². The van der Waals surface area contributed by atoms with Gasteiger partial charge < -0.3 is 35.6 Å². The highest BCUT2D eigenvalue weighted by Gasteiger charge is 2.41. The lowest BCUT2D eigenvalue weighted by Crippen LogP contribution is -2.43. The third-order valence-electron chi connectivity index (χ3n) is 10.5. The second kappa shape index (κ2) is 18.9. The van der Waals surface area contributed by atoms with Gasteiger partial charge >= 0.3 is 0 Å². The summed E-state index contributed by atoms with van der Waals surface area (Å²) in [4.78, 5) is 42.8. The first-order chi connectivity index (χ1) is 26.3. The molecule has 1 saturated heterocycles. The van der Waals surface area contributed by atoms with Crippen LogP contribution in [0.2, 0.25) is 0 Å². The number of carbonyl (C=O) groups excluding carboxylic acids is 3. The zero-order valence-electron chi connectivity index (χ0n) is 30.6. The van der Waals surface area contributed by atoms with Crippen LogP contribution in [0.4, 0.5) is 0 Å². The zero-order valence-corrected chi connectivity index (χ0v) is 30.6. The highest BCUT2D eigenvalue weighted by molar-refractivity contribution is 5.94. The summed E-state index contributed by atoms with van der Waals surface area (Å²) in [6.45, 7) is 0.827. The number of rotatable bonds is 18. The van der Waals surface area contributed by atoms with Crippen molar-refractivity contribution >= 4 is 17.7 Å². The van der Waals surface area contributed by atoms with Crippen LogP contribution in [-0.4, -0.2) is 89.1 Å². The number of aliphatic hydroxyl groups excluding tert-OH is 3. The van der Waals surface area contributed by atoms with Gasteiger partial charge in [-0.3, -0.25) is 14.4 Å². The molecule has 5 N–H and O–H groups in total. The zero-order chi connectivity index (χ0) is 37.9. The maximum absolute atomic E-state index is 14.2. The molecule has 0 bridgehead atoms. The van der Waals surface area contributed by atoms with E-state index in [2.05, 4.69) is 10.6 Å². The Morgan fingerprint density at radius 2 is 1.56 bits per heavy atom. The molecule has 0 aromatic heterocycles. The number of nitrogens with zero attached hydrogens (tertiary/aromatic N) is 1. The molecule has 284 valence electrons. The van der Waals surface area contributed by atoms with E-state index in [-0.39, 0.29) is 55.9 Å². The molecule has 4 aromatic rings. The van der Waals surface area contributed by atoms with Gasteiger partial charge in [-0.15, -0.1) is 0 Å². The van der Waals surface area contributed by atoms with E-state index in [0.29, 0.717) is 50.8 Å². The summed E-state index contributed by atoms with van der Waals surface area (Å²) in [5, 5.41) is 37.4. The second-order valence-electron chi connectivity index (χ2n) is 14.5. The number of aliphatic hydroxyl groups is 3. The topological polar surface area (TPSA) is 148 Å². The Balaban J connectivity index is 1.15. The van der Waals surface area contributed by atoms with E-state index in [4.69, 9.17) is 9.84 Å². The number of amides is 3. The molecule has 10 heteroatoms. The summed E-state index contributed by atoms with van der Waals surface area (Å²) in [5.74, 6) is -1.48. The molecule has 1 unspecified atom stereocenters. The van der Waals surface area contributed by atoms with E-state index in [9.17, 15) is 24.6 Å². The molecule has 0 radical (unpaired) electrons. The van der Waals surface area contributed by atoms with Crippen LogP contribution in [0.25, 0.3) is 0 Å².